The zero-order valence-electron chi connectivity index (χ0n) is 29.4. The lowest BCUT2D eigenvalue weighted by Gasteiger charge is -2.37. The molecule has 0 saturated heterocycles. The fourth-order valence-corrected chi connectivity index (χ4v) is 7.88. The van der Waals surface area contributed by atoms with Crippen molar-refractivity contribution in [1.82, 2.24) is 0 Å². The summed E-state index contributed by atoms with van der Waals surface area (Å²) < 4.78 is 0. The summed E-state index contributed by atoms with van der Waals surface area (Å²) in [5.41, 5.74) is 17.8. The molecule has 0 unspecified atom stereocenters. The van der Waals surface area contributed by atoms with E-state index < -0.39 is 0 Å². The van der Waals surface area contributed by atoms with Gasteiger partial charge in [-0.05, 0) is 102 Å². The van der Waals surface area contributed by atoms with Crippen LogP contribution in [0.15, 0.2) is 146 Å². The number of benzene rings is 7. The van der Waals surface area contributed by atoms with E-state index in [1.165, 1.54) is 77.7 Å². The SMILES string of the molecule is Cc1ccc(C(c2ccc(C)cc2)c2ccc3c(c2)C(C)(C)c2cccc4c(N(c5ccc(C)cc5)c5ccc(C)cc5)ccc-3c24)cc1. The molecule has 0 aromatic heterocycles. The number of aryl methyl sites for hydroxylation is 4. The molecule has 0 atom stereocenters. The molecular formula is C48H43N. The van der Waals surface area contributed by atoms with Gasteiger partial charge in [0.15, 0.2) is 0 Å². The average molecular weight is 634 g/mol. The molecule has 0 heterocycles. The zero-order valence-corrected chi connectivity index (χ0v) is 29.4. The van der Waals surface area contributed by atoms with E-state index >= 15 is 0 Å². The summed E-state index contributed by atoms with van der Waals surface area (Å²) in [7, 11) is 0. The third kappa shape index (κ3) is 5.35. The maximum atomic E-state index is 2.50. The summed E-state index contributed by atoms with van der Waals surface area (Å²) in [6.45, 7) is 13.4. The molecule has 49 heavy (non-hydrogen) atoms. The Bertz CT molecular complexity index is 2210. The largest absolute Gasteiger partial charge is 0.310 e. The van der Waals surface area contributed by atoms with Gasteiger partial charge in [-0.1, -0.05) is 151 Å². The van der Waals surface area contributed by atoms with E-state index in [0.717, 1.165) is 11.4 Å². The summed E-state index contributed by atoms with van der Waals surface area (Å²) >= 11 is 0. The quantitative estimate of drug-likeness (QED) is 0.165. The molecule has 7 aromatic rings. The van der Waals surface area contributed by atoms with E-state index in [9.17, 15) is 0 Å². The monoisotopic (exact) mass is 633 g/mol. The van der Waals surface area contributed by atoms with Crippen molar-refractivity contribution in [3.8, 4) is 11.1 Å². The lowest BCUT2D eigenvalue weighted by Crippen LogP contribution is -2.24. The third-order valence-corrected chi connectivity index (χ3v) is 10.7. The van der Waals surface area contributed by atoms with Crippen molar-refractivity contribution in [1.29, 1.82) is 0 Å². The van der Waals surface area contributed by atoms with Crippen LogP contribution in [0.4, 0.5) is 17.1 Å². The van der Waals surface area contributed by atoms with Crippen molar-refractivity contribution in [2.45, 2.75) is 52.9 Å². The summed E-state index contributed by atoms with van der Waals surface area (Å²) in [6, 6.07) is 54.8. The smallest absolute Gasteiger partial charge is 0.0540 e. The first-order valence-electron chi connectivity index (χ1n) is 17.5. The van der Waals surface area contributed by atoms with Crippen LogP contribution in [0, 0.1) is 27.7 Å². The first kappa shape index (κ1) is 30.9. The van der Waals surface area contributed by atoms with E-state index in [4.69, 9.17) is 0 Å². The summed E-state index contributed by atoms with van der Waals surface area (Å²) in [4.78, 5) is 2.42. The molecule has 240 valence electrons. The van der Waals surface area contributed by atoms with Crippen LogP contribution in [-0.2, 0) is 5.41 Å². The van der Waals surface area contributed by atoms with Crippen molar-refractivity contribution < 1.29 is 0 Å². The minimum Gasteiger partial charge on any atom is -0.310 e. The molecule has 0 amide bonds. The van der Waals surface area contributed by atoms with E-state index in [-0.39, 0.29) is 11.3 Å². The van der Waals surface area contributed by atoms with Crippen LogP contribution < -0.4 is 4.90 Å². The molecule has 0 fully saturated rings. The third-order valence-electron chi connectivity index (χ3n) is 10.7. The van der Waals surface area contributed by atoms with Gasteiger partial charge in [-0.3, -0.25) is 0 Å². The maximum Gasteiger partial charge on any atom is 0.0540 e. The Hall–Kier alpha value is -5.40. The lowest BCUT2D eigenvalue weighted by molar-refractivity contribution is 0.643. The molecule has 0 bridgehead atoms. The van der Waals surface area contributed by atoms with Gasteiger partial charge in [-0.2, -0.15) is 0 Å². The van der Waals surface area contributed by atoms with Gasteiger partial charge in [0, 0.05) is 28.1 Å². The van der Waals surface area contributed by atoms with Crippen LogP contribution in [0.5, 0.6) is 0 Å². The average Bonchev–Trinajstić information content (AvgIpc) is 3.11. The first-order chi connectivity index (χ1) is 23.7. The summed E-state index contributed by atoms with van der Waals surface area (Å²) in [5, 5.41) is 2.62. The molecule has 0 spiro atoms. The van der Waals surface area contributed by atoms with Crippen LogP contribution in [-0.4, -0.2) is 0 Å². The Kier molecular flexibility index (Phi) is 7.53. The molecule has 0 N–H and O–H groups in total. The fourth-order valence-electron chi connectivity index (χ4n) is 7.88. The maximum absolute atomic E-state index is 2.50. The highest BCUT2D eigenvalue weighted by Gasteiger charge is 2.35. The second kappa shape index (κ2) is 11.9. The van der Waals surface area contributed by atoms with Crippen molar-refractivity contribution in [2.24, 2.45) is 0 Å². The molecule has 0 aliphatic heterocycles. The predicted octanol–water partition coefficient (Wildman–Crippen LogP) is 13.0. The van der Waals surface area contributed by atoms with Gasteiger partial charge in [0.1, 0.15) is 0 Å². The standard InChI is InChI=1S/C48H43N/c1-31-10-18-35(19-11-31)46(36-20-12-32(2)13-21-36)37-22-27-40-41-28-29-45(42-8-7-9-43(47(41)42)48(5,6)44(40)30-37)49(38-23-14-33(3)15-24-38)39-25-16-34(4)17-26-39/h7-30,46H,1-6H3. The van der Waals surface area contributed by atoms with E-state index in [1.807, 2.05) is 0 Å². The highest BCUT2D eigenvalue weighted by molar-refractivity contribution is 6.10. The second-order valence-corrected chi connectivity index (χ2v) is 14.6. The normalized spacial score (nSPS) is 13.0. The number of rotatable bonds is 6. The molecule has 7 aromatic carbocycles. The number of fused-ring (bicyclic) bond motifs is 2. The second-order valence-electron chi connectivity index (χ2n) is 14.6. The number of hydrogen-bond donors (Lipinski definition) is 0. The van der Waals surface area contributed by atoms with Gasteiger partial charge in [0.2, 0.25) is 0 Å². The molecular weight excluding hydrogens is 591 g/mol. The first-order valence-corrected chi connectivity index (χ1v) is 17.5. The molecule has 0 radical (unpaired) electrons. The molecule has 1 nitrogen and oxygen atoms in total. The molecule has 8 rings (SSSR count). The fraction of sp³-hybridized carbons (Fsp3) is 0.167. The Balaban J connectivity index is 1.32. The number of anilines is 3. The van der Waals surface area contributed by atoms with Gasteiger partial charge < -0.3 is 4.90 Å². The van der Waals surface area contributed by atoms with Gasteiger partial charge >= 0.3 is 0 Å². The minimum absolute atomic E-state index is 0.152. The topological polar surface area (TPSA) is 3.24 Å². The Morgan fingerprint density at radius 1 is 0.449 bits per heavy atom. The van der Waals surface area contributed by atoms with E-state index in [1.54, 1.807) is 0 Å². The van der Waals surface area contributed by atoms with Crippen LogP contribution >= 0.6 is 0 Å². The van der Waals surface area contributed by atoms with Gasteiger partial charge in [0.05, 0.1) is 5.69 Å². The van der Waals surface area contributed by atoms with E-state index in [2.05, 4.69) is 192 Å². The van der Waals surface area contributed by atoms with Crippen LogP contribution in [0.2, 0.25) is 0 Å². The zero-order chi connectivity index (χ0) is 33.9. The Labute approximate surface area is 291 Å². The van der Waals surface area contributed by atoms with Crippen molar-refractivity contribution >= 4 is 27.8 Å². The van der Waals surface area contributed by atoms with Crippen molar-refractivity contribution in [2.75, 3.05) is 4.90 Å². The molecule has 1 aliphatic rings. The van der Waals surface area contributed by atoms with E-state index in [0.29, 0.717) is 0 Å². The molecule has 0 saturated carbocycles. The van der Waals surface area contributed by atoms with Gasteiger partial charge in [-0.15, -0.1) is 0 Å². The summed E-state index contributed by atoms with van der Waals surface area (Å²) in [6.07, 6.45) is 0. The minimum atomic E-state index is -0.194. The van der Waals surface area contributed by atoms with Crippen LogP contribution in [0.3, 0.4) is 0 Å². The van der Waals surface area contributed by atoms with Crippen molar-refractivity contribution in [3.05, 3.63) is 196 Å². The highest BCUT2D eigenvalue weighted by Crippen LogP contribution is 2.52. The molecule has 1 aliphatic carbocycles. The number of nitrogens with zero attached hydrogens (tertiary/aromatic N) is 1. The van der Waals surface area contributed by atoms with Gasteiger partial charge in [-0.25, -0.2) is 0 Å². The van der Waals surface area contributed by atoms with Crippen LogP contribution in [0.25, 0.3) is 21.9 Å². The Morgan fingerprint density at radius 2 is 0.918 bits per heavy atom. The highest BCUT2D eigenvalue weighted by atomic mass is 15.1. The summed E-state index contributed by atoms with van der Waals surface area (Å²) in [5.74, 6) is 0.152. The van der Waals surface area contributed by atoms with Crippen molar-refractivity contribution in [3.63, 3.8) is 0 Å². The Morgan fingerprint density at radius 3 is 1.45 bits per heavy atom. The molecule has 1 heteroatoms. The predicted molar refractivity (Wildman–Crippen MR) is 209 cm³/mol. The number of hydrogen-bond acceptors (Lipinski definition) is 1. The van der Waals surface area contributed by atoms with Crippen LogP contribution in [0.1, 0.15) is 69.8 Å². The van der Waals surface area contributed by atoms with Gasteiger partial charge in [0.25, 0.3) is 0 Å². The lowest BCUT2D eigenvalue weighted by atomic mass is 9.67.